The lowest BCUT2D eigenvalue weighted by atomic mass is 10.1. The molecule has 0 aliphatic carbocycles. The Morgan fingerprint density at radius 1 is 0.828 bits per heavy atom. The van der Waals surface area contributed by atoms with Crippen LogP contribution < -0.4 is 0 Å². The van der Waals surface area contributed by atoms with Gasteiger partial charge in [0.1, 0.15) is 0 Å². The van der Waals surface area contributed by atoms with Crippen molar-refractivity contribution in [1.29, 1.82) is 0 Å². The van der Waals surface area contributed by atoms with Gasteiger partial charge in [-0.2, -0.15) is 0 Å². The highest BCUT2D eigenvalue weighted by molar-refractivity contribution is 6.21. The molecule has 4 rings (SSSR count). The first kappa shape index (κ1) is 19.3. The number of hydrogen-bond acceptors (Lipinski definition) is 4. The third kappa shape index (κ3) is 3.68. The summed E-state index contributed by atoms with van der Waals surface area (Å²) in [7, 11) is 0. The molecule has 1 fully saturated rings. The second-order valence-corrected chi connectivity index (χ2v) is 7.74. The summed E-state index contributed by atoms with van der Waals surface area (Å²) in [6.07, 6.45) is 0. The van der Waals surface area contributed by atoms with E-state index in [4.69, 9.17) is 0 Å². The van der Waals surface area contributed by atoms with Gasteiger partial charge in [-0.05, 0) is 49.2 Å². The molecule has 2 aliphatic heterocycles. The fraction of sp³-hybridized carbons (Fsp3) is 0.348. The van der Waals surface area contributed by atoms with E-state index in [2.05, 4.69) is 4.90 Å². The van der Waals surface area contributed by atoms with Crippen molar-refractivity contribution in [3.8, 4) is 0 Å². The van der Waals surface area contributed by atoms with E-state index in [1.807, 2.05) is 36.9 Å². The van der Waals surface area contributed by atoms with Crippen LogP contribution in [0.2, 0.25) is 0 Å². The summed E-state index contributed by atoms with van der Waals surface area (Å²) in [4.78, 5) is 43.1. The van der Waals surface area contributed by atoms with Gasteiger partial charge in [0.15, 0.2) is 0 Å². The molecule has 6 heteroatoms. The molecule has 0 N–H and O–H groups in total. The van der Waals surface area contributed by atoms with Gasteiger partial charge in [-0.3, -0.25) is 24.2 Å². The molecule has 0 unspecified atom stereocenters. The zero-order valence-corrected chi connectivity index (χ0v) is 16.9. The van der Waals surface area contributed by atoms with Gasteiger partial charge in [0.05, 0.1) is 11.1 Å². The Balaban J connectivity index is 1.31. The number of amides is 3. The minimum Gasteiger partial charge on any atom is -0.336 e. The zero-order chi connectivity index (χ0) is 20.5. The molecule has 2 heterocycles. The molecule has 2 aliphatic rings. The van der Waals surface area contributed by atoms with E-state index in [9.17, 15) is 14.4 Å². The largest absolute Gasteiger partial charge is 0.336 e. The summed E-state index contributed by atoms with van der Waals surface area (Å²) >= 11 is 0. The summed E-state index contributed by atoms with van der Waals surface area (Å²) in [6, 6.07) is 12.8. The minimum atomic E-state index is -0.214. The SMILES string of the molecule is Cc1ccc(C(=O)N2CCN(CCN3C(=O)c4ccccc4C3=O)CC2)cc1C. The van der Waals surface area contributed by atoms with Crippen molar-refractivity contribution in [2.24, 2.45) is 0 Å². The average molecular weight is 391 g/mol. The Labute approximate surface area is 170 Å². The second-order valence-electron chi connectivity index (χ2n) is 7.74. The number of hydrogen-bond donors (Lipinski definition) is 0. The first-order chi connectivity index (χ1) is 14.0. The van der Waals surface area contributed by atoms with Crippen LogP contribution in [0.15, 0.2) is 42.5 Å². The highest BCUT2D eigenvalue weighted by atomic mass is 16.2. The van der Waals surface area contributed by atoms with Crippen molar-refractivity contribution in [3.05, 3.63) is 70.3 Å². The van der Waals surface area contributed by atoms with Crippen molar-refractivity contribution in [1.82, 2.24) is 14.7 Å². The van der Waals surface area contributed by atoms with Crippen LogP contribution in [0.1, 0.15) is 42.2 Å². The molecule has 0 bridgehead atoms. The maximum absolute atomic E-state index is 12.8. The minimum absolute atomic E-state index is 0.0631. The van der Waals surface area contributed by atoms with Crippen LogP contribution >= 0.6 is 0 Å². The van der Waals surface area contributed by atoms with Gasteiger partial charge in [0.25, 0.3) is 17.7 Å². The van der Waals surface area contributed by atoms with Gasteiger partial charge in [0.2, 0.25) is 0 Å². The first-order valence-corrected chi connectivity index (χ1v) is 10.00. The molecule has 6 nitrogen and oxygen atoms in total. The van der Waals surface area contributed by atoms with E-state index in [1.165, 1.54) is 10.5 Å². The molecule has 0 atom stereocenters. The number of nitrogens with zero attached hydrogens (tertiary/aromatic N) is 3. The first-order valence-electron chi connectivity index (χ1n) is 10.00. The van der Waals surface area contributed by atoms with Crippen LogP contribution in [-0.2, 0) is 0 Å². The normalized spacial score (nSPS) is 17.0. The second kappa shape index (κ2) is 7.79. The van der Waals surface area contributed by atoms with Crippen LogP contribution in [0.4, 0.5) is 0 Å². The van der Waals surface area contributed by atoms with Crippen LogP contribution in [0.25, 0.3) is 0 Å². The maximum Gasteiger partial charge on any atom is 0.261 e. The molecule has 0 aromatic heterocycles. The number of carbonyl (C=O) groups is 3. The van der Waals surface area contributed by atoms with E-state index in [1.54, 1.807) is 24.3 Å². The quantitative estimate of drug-likeness (QED) is 0.751. The van der Waals surface area contributed by atoms with Gasteiger partial charge in [-0.1, -0.05) is 18.2 Å². The third-order valence-electron chi connectivity index (χ3n) is 5.93. The number of fused-ring (bicyclic) bond motifs is 1. The number of piperazine rings is 1. The van der Waals surface area contributed by atoms with E-state index in [-0.39, 0.29) is 17.7 Å². The van der Waals surface area contributed by atoms with Gasteiger partial charge in [-0.15, -0.1) is 0 Å². The molecule has 0 radical (unpaired) electrons. The smallest absolute Gasteiger partial charge is 0.261 e. The van der Waals surface area contributed by atoms with Crippen molar-refractivity contribution in [3.63, 3.8) is 0 Å². The lowest BCUT2D eigenvalue weighted by Gasteiger charge is -2.35. The lowest BCUT2D eigenvalue weighted by Crippen LogP contribution is -2.50. The number of benzene rings is 2. The van der Waals surface area contributed by atoms with Crippen molar-refractivity contribution in [2.45, 2.75) is 13.8 Å². The summed E-state index contributed by atoms with van der Waals surface area (Å²) in [6.45, 7) is 7.82. The van der Waals surface area contributed by atoms with Gasteiger partial charge in [-0.25, -0.2) is 0 Å². The van der Waals surface area contributed by atoms with Crippen LogP contribution in [0.3, 0.4) is 0 Å². The van der Waals surface area contributed by atoms with E-state index in [0.717, 1.165) is 24.2 Å². The number of rotatable bonds is 4. The fourth-order valence-corrected chi connectivity index (χ4v) is 3.92. The molecule has 1 saturated heterocycles. The van der Waals surface area contributed by atoms with Crippen LogP contribution in [-0.4, -0.2) is 71.7 Å². The molecule has 29 heavy (non-hydrogen) atoms. The van der Waals surface area contributed by atoms with Crippen molar-refractivity contribution < 1.29 is 14.4 Å². The Bertz CT molecular complexity index is 942. The van der Waals surface area contributed by atoms with E-state index >= 15 is 0 Å². The Kier molecular flexibility index (Phi) is 5.20. The lowest BCUT2D eigenvalue weighted by molar-refractivity contribution is 0.0578. The molecule has 2 aromatic rings. The summed E-state index contributed by atoms with van der Waals surface area (Å²) < 4.78 is 0. The number of carbonyl (C=O) groups excluding carboxylic acids is 3. The molecule has 0 spiro atoms. The molecule has 2 aromatic carbocycles. The monoisotopic (exact) mass is 391 g/mol. The van der Waals surface area contributed by atoms with Gasteiger partial charge < -0.3 is 4.90 Å². The molecular formula is C23H25N3O3. The van der Waals surface area contributed by atoms with Crippen molar-refractivity contribution >= 4 is 17.7 Å². The Hall–Kier alpha value is -2.99. The molecule has 150 valence electrons. The zero-order valence-electron chi connectivity index (χ0n) is 16.9. The average Bonchev–Trinajstić information content (AvgIpc) is 2.99. The predicted molar refractivity (Wildman–Crippen MR) is 110 cm³/mol. The standard InChI is InChI=1S/C23H25N3O3/c1-16-7-8-18(15-17(16)2)21(27)25-12-9-24(10-13-25)11-14-26-22(28)19-5-3-4-6-20(19)23(26)29/h3-8,15H,9-14H2,1-2H3. The van der Waals surface area contributed by atoms with E-state index in [0.29, 0.717) is 37.3 Å². The molecular weight excluding hydrogens is 366 g/mol. The van der Waals surface area contributed by atoms with Crippen molar-refractivity contribution in [2.75, 3.05) is 39.3 Å². The predicted octanol–water partition coefficient (Wildman–Crippen LogP) is 2.36. The summed E-state index contributed by atoms with van der Waals surface area (Å²) in [5.41, 5.74) is 4.00. The molecule has 3 amide bonds. The highest BCUT2D eigenvalue weighted by Gasteiger charge is 2.35. The van der Waals surface area contributed by atoms with E-state index < -0.39 is 0 Å². The topological polar surface area (TPSA) is 60.9 Å². The maximum atomic E-state index is 12.8. The highest BCUT2D eigenvalue weighted by Crippen LogP contribution is 2.22. The molecule has 0 saturated carbocycles. The Morgan fingerprint density at radius 2 is 1.45 bits per heavy atom. The van der Waals surface area contributed by atoms with Crippen LogP contribution in [0.5, 0.6) is 0 Å². The number of imide groups is 1. The third-order valence-corrected chi connectivity index (χ3v) is 5.93. The fourth-order valence-electron chi connectivity index (χ4n) is 3.92. The van der Waals surface area contributed by atoms with Gasteiger partial charge in [0, 0.05) is 44.8 Å². The summed E-state index contributed by atoms with van der Waals surface area (Å²) in [5, 5.41) is 0. The number of aryl methyl sites for hydroxylation is 2. The Morgan fingerprint density at radius 3 is 2.03 bits per heavy atom. The summed E-state index contributed by atoms with van der Waals surface area (Å²) in [5.74, 6) is -0.364. The van der Waals surface area contributed by atoms with Crippen LogP contribution in [0, 0.1) is 13.8 Å². The van der Waals surface area contributed by atoms with Gasteiger partial charge >= 0.3 is 0 Å².